The number of phenols is 2. The Morgan fingerprint density at radius 3 is 1.22 bits per heavy atom. The van der Waals surface area contributed by atoms with Crippen molar-refractivity contribution < 1.29 is 29.3 Å². The molecule has 0 unspecified atom stereocenters. The maximum atomic E-state index is 13.3. The molecule has 54 heavy (non-hydrogen) atoms. The number of carbonyl (C=O) groups is 2. The van der Waals surface area contributed by atoms with Gasteiger partial charge in [0.1, 0.15) is 58.2 Å². The monoisotopic (exact) mass is 724 g/mol. The summed E-state index contributed by atoms with van der Waals surface area (Å²) >= 11 is 0. The van der Waals surface area contributed by atoms with Gasteiger partial charge in [-0.25, -0.2) is 9.59 Å². The van der Waals surface area contributed by atoms with Gasteiger partial charge >= 0.3 is 11.9 Å². The second-order valence-corrected chi connectivity index (χ2v) is 15.2. The van der Waals surface area contributed by atoms with Crippen LogP contribution in [0.3, 0.4) is 0 Å². The minimum Gasteiger partial charge on any atom is -0.505 e. The number of carbonyl (C=O) groups excluding carboxylic acids is 2. The normalized spacial score (nSPS) is 12.0. The summed E-state index contributed by atoms with van der Waals surface area (Å²) in [6.07, 6.45) is 0. The Kier molecular flexibility index (Phi) is 9.14. The van der Waals surface area contributed by atoms with E-state index in [1.165, 1.54) is 27.8 Å². The zero-order chi connectivity index (χ0) is 38.4. The average molecular weight is 725 g/mol. The molecule has 7 rings (SSSR count). The highest BCUT2D eigenvalue weighted by atomic mass is 16.5. The third kappa shape index (κ3) is 7.23. The number of benzene rings is 5. The Bertz CT molecular complexity index is 2320. The molecule has 12 heteroatoms. The maximum Gasteiger partial charge on any atom is 0.338 e. The first-order valence-corrected chi connectivity index (χ1v) is 17.5. The van der Waals surface area contributed by atoms with Crippen molar-refractivity contribution >= 4 is 34.0 Å². The largest absolute Gasteiger partial charge is 0.505 e. The zero-order valence-corrected chi connectivity index (χ0v) is 30.9. The molecule has 0 fully saturated rings. The Labute approximate surface area is 311 Å². The number of aromatic nitrogens is 6. The Balaban J connectivity index is 1.09. The van der Waals surface area contributed by atoms with Gasteiger partial charge in [0.25, 0.3) is 0 Å². The van der Waals surface area contributed by atoms with E-state index in [1.54, 1.807) is 18.2 Å². The number of ether oxygens (including phenoxy) is 2. The number of rotatable bonds is 8. The van der Waals surface area contributed by atoms with E-state index in [4.69, 9.17) is 9.47 Å². The lowest BCUT2D eigenvalue weighted by atomic mass is 9.85. The molecule has 2 N–H and O–H groups in total. The van der Waals surface area contributed by atoms with E-state index in [2.05, 4.69) is 20.4 Å². The van der Waals surface area contributed by atoms with Crippen LogP contribution in [0.1, 0.15) is 84.5 Å². The van der Waals surface area contributed by atoms with Gasteiger partial charge in [0.2, 0.25) is 0 Å². The van der Waals surface area contributed by atoms with Crippen LogP contribution in [-0.2, 0) is 33.5 Å². The number of nitrogens with zero attached hydrogens (tertiary/aromatic N) is 6. The van der Waals surface area contributed by atoms with Crippen molar-refractivity contribution in [3.63, 3.8) is 0 Å². The minimum atomic E-state index is -0.700. The van der Waals surface area contributed by atoms with Crippen molar-refractivity contribution in [3.05, 3.63) is 130 Å². The molecule has 0 radical (unpaired) electrons. The summed E-state index contributed by atoms with van der Waals surface area (Å²) in [5, 5.41) is 40.8. The molecule has 5 aromatic carbocycles. The first-order valence-electron chi connectivity index (χ1n) is 17.5. The van der Waals surface area contributed by atoms with E-state index in [0.29, 0.717) is 44.6 Å². The van der Waals surface area contributed by atoms with Crippen LogP contribution in [0.25, 0.3) is 33.4 Å². The van der Waals surface area contributed by atoms with Gasteiger partial charge in [-0.2, -0.15) is 0 Å². The molecule has 0 saturated heterocycles. The van der Waals surface area contributed by atoms with Crippen molar-refractivity contribution in [2.24, 2.45) is 0 Å². The summed E-state index contributed by atoms with van der Waals surface area (Å²) < 4.78 is 11.3. The second kappa shape index (κ2) is 13.8. The lowest BCUT2D eigenvalue weighted by Gasteiger charge is -2.22. The van der Waals surface area contributed by atoms with E-state index >= 15 is 0 Å². The molecule has 0 spiro atoms. The quantitative estimate of drug-likeness (QED) is 0.148. The molecule has 0 aliphatic heterocycles. The predicted molar refractivity (Wildman–Crippen MR) is 203 cm³/mol. The van der Waals surface area contributed by atoms with Gasteiger partial charge in [-0.15, -0.1) is 30.0 Å². The molecule has 7 aromatic rings. The second-order valence-electron chi connectivity index (χ2n) is 15.2. The highest BCUT2D eigenvalue weighted by molar-refractivity contribution is 5.95. The van der Waals surface area contributed by atoms with Crippen LogP contribution in [-0.4, -0.2) is 52.1 Å². The standard InChI is InChI=1S/C42H40N6O6/c1-41(2,3)29-19-27(37(49)35(21-29)47-43-31-14-7-8-15-32(31)44-47)23-53-39(51)25-12-11-13-26(18-25)40(52)54-24-28-20-30(42(4,5)6)22-36(38(28)50)48-45-33-16-9-10-17-34(33)46-48/h7-22,49-50H,23-24H2,1-6H3. The molecule has 2 aromatic heterocycles. The smallest absolute Gasteiger partial charge is 0.338 e. The minimum absolute atomic E-state index is 0.118. The van der Waals surface area contributed by atoms with Gasteiger partial charge in [-0.1, -0.05) is 71.9 Å². The van der Waals surface area contributed by atoms with E-state index in [1.807, 2.05) is 102 Å². The molecule has 0 saturated carbocycles. The van der Waals surface area contributed by atoms with Crippen molar-refractivity contribution in [2.45, 2.75) is 65.6 Å². The summed E-state index contributed by atoms with van der Waals surface area (Å²) in [6.45, 7) is 11.7. The van der Waals surface area contributed by atoms with Crippen LogP contribution in [0.4, 0.5) is 0 Å². The van der Waals surface area contributed by atoms with Crippen LogP contribution in [0.2, 0.25) is 0 Å². The predicted octanol–water partition coefficient (Wildman–Crippen LogP) is 7.87. The fourth-order valence-electron chi connectivity index (χ4n) is 5.91. The Morgan fingerprint density at radius 1 is 0.537 bits per heavy atom. The lowest BCUT2D eigenvalue weighted by Crippen LogP contribution is -2.15. The number of fused-ring (bicyclic) bond motifs is 2. The van der Waals surface area contributed by atoms with Crippen LogP contribution in [0, 0.1) is 0 Å². The van der Waals surface area contributed by atoms with Crippen LogP contribution >= 0.6 is 0 Å². The molecule has 0 aliphatic carbocycles. The molecule has 12 nitrogen and oxygen atoms in total. The molecular formula is C42H40N6O6. The van der Waals surface area contributed by atoms with Gasteiger partial charge < -0.3 is 19.7 Å². The van der Waals surface area contributed by atoms with Crippen LogP contribution in [0.5, 0.6) is 11.5 Å². The Hall–Kier alpha value is -6.56. The van der Waals surface area contributed by atoms with Gasteiger partial charge in [-0.3, -0.25) is 0 Å². The molecule has 0 atom stereocenters. The zero-order valence-electron chi connectivity index (χ0n) is 30.9. The first kappa shape index (κ1) is 35.8. The fraction of sp³-hybridized carbons (Fsp3) is 0.238. The highest BCUT2D eigenvalue weighted by Crippen LogP contribution is 2.35. The number of hydrogen-bond donors (Lipinski definition) is 2. The molecule has 274 valence electrons. The summed E-state index contributed by atoms with van der Waals surface area (Å²) in [6, 6.07) is 28.0. The third-order valence-electron chi connectivity index (χ3n) is 9.13. The van der Waals surface area contributed by atoms with Crippen LogP contribution in [0.15, 0.2) is 97.1 Å². The fourth-order valence-corrected chi connectivity index (χ4v) is 5.91. The molecule has 0 aliphatic rings. The molecular weight excluding hydrogens is 684 g/mol. The lowest BCUT2D eigenvalue weighted by molar-refractivity contribution is 0.0468. The van der Waals surface area contributed by atoms with Crippen molar-refractivity contribution in [1.29, 1.82) is 0 Å². The number of aromatic hydroxyl groups is 2. The van der Waals surface area contributed by atoms with E-state index in [-0.39, 0.29) is 46.7 Å². The van der Waals surface area contributed by atoms with Crippen LogP contribution < -0.4 is 0 Å². The number of hydrogen-bond acceptors (Lipinski definition) is 10. The highest BCUT2D eigenvalue weighted by Gasteiger charge is 2.24. The third-order valence-corrected chi connectivity index (χ3v) is 9.13. The van der Waals surface area contributed by atoms with E-state index < -0.39 is 11.9 Å². The average Bonchev–Trinajstić information content (AvgIpc) is 3.77. The van der Waals surface area contributed by atoms with Gasteiger partial charge in [0.05, 0.1) is 11.1 Å². The molecule has 0 amide bonds. The SMILES string of the molecule is CC(C)(C)c1cc(COC(=O)c2cccc(C(=O)OCc3cc(C(C)(C)C)cc(-n4nc5ccccc5n4)c3O)c2)c(O)c(-n2nc3ccccc3n2)c1. The summed E-state index contributed by atoms with van der Waals surface area (Å²) in [7, 11) is 0. The molecule has 0 bridgehead atoms. The Morgan fingerprint density at radius 2 is 0.889 bits per heavy atom. The van der Waals surface area contributed by atoms with Gasteiger partial charge in [0, 0.05) is 11.1 Å². The maximum absolute atomic E-state index is 13.3. The number of phenolic OH excluding ortho intramolecular Hbond substituents is 2. The van der Waals surface area contributed by atoms with Gasteiger partial charge in [-0.05, 0) is 88.7 Å². The summed E-state index contributed by atoms with van der Waals surface area (Å²) in [5.74, 6) is -1.64. The van der Waals surface area contributed by atoms with E-state index in [9.17, 15) is 19.8 Å². The van der Waals surface area contributed by atoms with Crippen molar-refractivity contribution in [2.75, 3.05) is 0 Å². The first-order chi connectivity index (χ1) is 25.7. The topological polar surface area (TPSA) is 154 Å². The molecule has 2 heterocycles. The van der Waals surface area contributed by atoms with Gasteiger partial charge in [0.15, 0.2) is 0 Å². The van der Waals surface area contributed by atoms with E-state index in [0.717, 1.165) is 11.1 Å². The van der Waals surface area contributed by atoms with Crippen molar-refractivity contribution in [3.8, 4) is 22.9 Å². The summed E-state index contributed by atoms with van der Waals surface area (Å²) in [5.41, 5.74) is 5.53. The summed E-state index contributed by atoms with van der Waals surface area (Å²) in [4.78, 5) is 29.4. The number of esters is 2. The van der Waals surface area contributed by atoms with Crippen molar-refractivity contribution in [1.82, 2.24) is 30.0 Å².